The number of benzene rings is 2. The molecular formula is C24H25ClN2O3. The Morgan fingerprint density at radius 2 is 1.87 bits per heavy atom. The molecule has 156 valence electrons. The van der Waals surface area contributed by atoms with Crippen molar-refractivity contribution in [1.82, 2.24) is 4.90 Å². The van der Waals surface area contributed by atoms with Gasteiger partial charge in [0, 0.05) is 23.7 Å². The van der Waals surface area contributed by atoms with Crippen LogP contribution in [-0.2, 0) is 9.59 Å². The molecule has 0 N–H and O–H groups in total. The van der Waals surface area contributed by atoms with Crippen LogP contribution in [0.25, 0.3) is 5.57 Å². The number of nitrogens with zero attached hydrogens (tertiary/aromatic N) is 2. The van der Waals surface area contributed by atoms with Crippen molar-refractivity contribution < 1.29 is 14.3 Å². The third-order valence-corrected chi connectivity index (χ3v) is 6.04. The largest absolute Gasteiger partial charge is 0.496 e. The number of hydrogen-bond acceptors (Lipinski definition) is 4. The predicted octanol–water partition coefficient (Wildman–Crippen LogP) is 4.67. The third kappa shape index (κ3) is 3.47. The van der Waals surface area contributed by atoms with Gasteiger partial charge in [-0.25, -0.2) is 4.90 Å². The second kappa shape index (κ2) is 8.15. The van der Waals surface area contributed by atoms with Gasteiger partial charge in [0.15, 0.2) is 0 Å². The molecule has 1 saturated heterocycles. The van der Waals surface area contributed by atoms with E-state index in [0.29, 0.717) is 39.2 Å². The van der Waals surface area contributed by atoms with Crippen molar-refractivity contribution in [1.29, 1.82) is 0 Å². The molecule has 4 rings (SSSR count). The maximum Gasteiger partial charge on any atom is 0.282 e. The molecular weight excluding hydrogens is 400 g/mol. The summed E-state index contributed by atoms with van der Waals surface area (Å²) in [7, 11) is 1.57. The van der Waals surface area contributed by atoms with Crippen molar-refractivity contribution in [3.63, 3.8) is 0 Å². The fraction of sp³-hybridized carbons (Fsp3) is 0.333. The van der Waals surface area contributed by atoms with Gasteiger partial charge in [-0.2, -0.15) is 0 Å². The number of rotatable bonds is 4. The van der Waals surface area contributed by atoms with Gasteiger partial charge in [-0.05, 0) is 55.5 Å². The number of aryl methyl sites for hydroxylation is 1. The van der Waals surface area contributed by atoms with Gasteiger partial charge in [-0.1, -0.05) is 36.7 Å². The second-order valence-corrected chi connectivity index (χ2v) is 8.43. The third-order valence-electron chi connectivity index (χ3n) is 5.81. The van der Waals surface area contributed by atoms with Crippen LogP contribution in [0.5, 0.6) is 5.75 Å². The Bertz CT molecular complexity index is 1050. The van der Waals surface area contributed by atoms with Gasteiger partial charge in [-0.15, -0.1) is 0 Å². The van der Waals surface area contributed by atoms with E-state index in [9.17, 15) is 9.59 Å². The Kier molecular flexibility index (Phi) is 5.56. The molecule has 2 aliphatic rings. The highest BCUT2D eigenvalue weighted by molar-refractivity contribution is 6.46. The Balaban J connectivity index is 1.88. The number of hydrogen-bond donors (Lipinski definition) is 0. The van der Waals surface area contributed by atoms with Gasteiger partial charge < -0.3 is 9.64 Å². The van der Waals surface area contributed by atoms with E-state index in [2.05, 4.69) is 11.8 Å². The lowest BCUT2D eigenvalue weighted by Gasteiger charge is -2.33. The summed E-state index contributed by atoms with van der Waals surface area (Å²) in [5, 5.41) is 0.568. The van der Waals surface area contributed by atoms with Crippen LogP contribution < -0.4 is 9.64 Å². The van der Waals surface area contributed by atoms with E-state index in [4.69, 9.17) is 16.3 Å². The fourth-order valence-corrected chi connectivity index (χ4v) is 4.61. The molecule has 2 aliphatic heterocycles. The summed E-state index contributed by atoms with van der Waals surface area (Å²) in [5.74, 6) is 0.411. The van der Waals surface area contributed by atoms with Crippen molar-refractivity contribution in [2.45, 2.75) is 26.7 Å². The Labute approximate surface area is 181 Å². The minimum Gasteiger partial charge on any atom is -0.496 e. The molecule has 6 heteroatoms. The van der Waals surface area contributed by atoms with E-state index in [1.807, 2.05) is 31.2 Å². The van der Waals surface area contributed by atoms with E-state index in [-0.39, 0.29) is 11.8 Å². The first kappa shape index (κ1) is 20.5. The molecule has 30 heavy (non-hydrogen) atoms. The highest BCUT2D eigenvalue weighted by Gasteiger charge is 2.44. The van der Waals surface area contributed by atoms with Crippen LogP contribution in [0.2, 0.25) is 5.02 Å². The quantitative estimate of drug-likeness (QED) is 0.669. The smallest absolute Gasteiger partial charge is 0.282 e. The Morgan fingerprint density at radius 3 is 2.57 bits per heavy atom. The minimum atomic E-state index is -0.330. The molecule has 0 aromatic heterocycles. The first-order valence-corrected chi connectivity index (χ1v) is 10.6. The maximum absolute atomic E-state index is 13.7. The van der Waals surface area contributed by atoms with E-state index in [1.165, 1.54) is 4.90 Å². The minimum absolute atomic E-state index is 0.291. The standard InChI is InChI=1S/C24H25ClN2O3/c1-15-7-6-12-26(14-15)22-21(18-8-4-5-9-20(18)30-3)23(28)27(24(22)29)19-11-10-17(25)13-16(19)2/h4-5,8-11,13,15H,6-7,12,14H2,1-3H3. The van der Waals surface area contributed by atoms with Crippen LogP contribution in [-0.4, -0.2) is 36.9 Å². The van der Waals surface area contributed by atoms with Gasteiger partial charge >= 0.3 is 0 Å². The number of amides is 2. The number of halogens is 1. The Morgan fingerprint density at radius 1 is 1.10 bits per heavy atom. The van der Waals surface area contributed by atoms with E-state index < -0.39 is 0 Å². The molecule has 5 nitrogen and oxygen atoms in total. The summed E-state index contributed by atoms with van der Waals surface area (Å²) >= 11 is 6.10. The highest BCUT2D eigenvalue weighted by Crippen LogP contribution is 2.40. The molecule has 1 atom stereocenters. The number of carbonyl (C=O) groups excluding carboxylic acids is 2. The number of methoxy groups -OCH3 is 1. The van der Waals surface area contributed by atoms with Crippen molar-refractivity contribution in [2.75, 3.05) is 25.1 Å². The molecule has 0 saturated carbocycles. The molecule has 2 aromatic rings. The fourth-order valence-electron chi connectivity index (χ4n) is 4.39. The second-order valence-electron chi connectivity index (χ2n) is 7.99. The van der Waals surface area contributed by atoms with Crippen LogP contribution in [0.4, 0.5) is 5.69 Å². The predicted molar refractivity (Wildman–Crippen MR) is 119 cm³/mol. The SMILES string of the molecule is COc1ccccc1C1=C(N2CCCC(C)C2)C(=O)N(c2ccc(Cl)cc2C)C1=O. The summed E-state index contributed by atoms with van der Waals surface area (Å²) in [6, 6.07) is 12.6. The summed E-state index contributed by atoms with van der Waals surface area (Å²) in [6.07, 6.45) is 2.11. The molecule has 2 aromatic carbocycles. The highest BCUT2D eigenvalue weighted by atomic mass is 35.5. The first-order valence-electron chi connectivity index (χ1n) is 10.2. The molecule has 2 amide bonds. The monoisotopic (exact) mass is 424 g/mol. The van der Waals surface area contributed by atoms with Crippen LogP contribution >= 0.6 is 11.6 Å². The number of para-hydroxylation sites is 1. The lowest BCUT2D eigenvalue weighted by Crippen LogP contribution is -2.39. The average molecular weight is 425 g/mol. The molecule has 0 aliphatic carbocycles. The molecule has 2 heterocycles. The van der Waals surface area contributed by atoms with Crippen LogP contribution in [0, 0.1) is 12.8 Å². The normalized spacial score (nSPS) is 19.7. The van der Waals surface area contributed by atoms with Gasteiger partial charge in [0.05, 0.1) is 18.4 Å². The maximum atomic E-state index is 13.7. The van der Waals surface area contributed by atoms with Crippen LogP contribution in [0.3, 0.4) is 0 Å². The number of anilines is 1. The summed E-state index contributed by atoms with van der Waals surface area (Å²) in [5.41, 5.74) is 2.84. The lowest BCUT2D eigenvalue weighted by molar-refractivity contribution is -0.120. The van der Waals surface area contributed by atoms with Gasteiger partial charge in [-0.3, -0.25) is 9.59 Å². The van der Waals surface area contributed by atoms with Crippen molar-refractivity contribution in [3.8, 4) is 5.75 Å². The van der Waals surface area contributed by atoms with Gasteiger partial charge in [0.25, 0.3) is 11.8 Å². The topological polar surface area (TPSA) is 49.9 Å². The van der Waals surface area contributed by atoms with Crippen LogP contribution in [0.1, 0.15) is 30.9 Å². The number of likely N-dealkylation sites (tertiary alicyclic amines) is 1. The number of imide groups is 1. The lowest BCUT2D eigenvalue weighted by atomic mass is 9.97. The zero-order valence-corrected chi connectivity index (χ0v) is 18.2. The summed E-state index contributed by atoms with van der Waals surface area (Å²) in [4.78, 5) is 30.7. The van der Waals surface area contributed by atoms with Crippen molar-refractivity contribution in [2.24, 2.45) is 5.92 Å². The molecule has 0 bridgehead atoms. The zero-order valence-electron chi connectivity index (χ0n) is 17.4. The zero-order chi connectivity index (χ0) is 21.4. The molecule has 1 fully saturated rings. The number of carbonyl (C=O) groups is 2. The molecule has 0 spiro atoms. The van der Waals surface area contributed by atoms with E-state index in [1.54, 1.807) is 25.3 Å². The summed E-state index contributed by atoms with van der Waals surface area (Å²) < 4.78 is 5.53. The summed E-state index contributed by atoms with van der Waals surface area (Å²) in [6.45, 7) is 5.54. The van der Waals surface area contributed by atoms with Crippen molar-refractivity contribution >= 4 is 34.7 Å². The van der Waals surface area contributed by atoms with Gasteiger partial charge in [0.2, 0.25) is 0 Å². The average Bonchev–Trinajstić information content (AvgIpc) is 2.98. The molecule has 0 radical (unpaired) electrons. The molecule has 1 unspecified atom stereocenters. The number of piperidine rings is 1. The van der Waals surface area contributed by atoms with Gasteiger partial charge in [0.1, 0.15) is 11.4 Å². The van der Waals surface area contributed by atoms with E-state index >= 15 is 0 Å². The first-order chi connectivity index (χ1) is 14.4. The van der Waals surface area contributed by atoms with Crippen LogP contribution in [0.15, 0.2) is 48.2 Å². The van der Waals surface area contributed by atoms with E-state index in [0.717, 1.165) is 31.5 Å². The van der Waals surface area contributed by atoms with Crippen molar-refractivity contribution in [3.05, 3.63) is 64.3 Å². The Hall–Kier alpha value is -2.79. The number of ether oxygens (including phenoxy) is 1.